The van der Waals surface area contributed by atoms with E-state index in [4.69, 9.17) is 5.26 Å². The van der Waals surface area contributed by atoms with Crippen molar-refractivity contribution in [1.82, 2.24) is 9.97 Å². The first-order valence-electron chi connectivity index (χ1n) is 4.64. The van der Waals surface area contributed by atoms with Gasteiger partial charge in [-0.3, -0.25) is 4.98 Å². The third kappa shape index (κ3) is 1.09. The highest BCUT2D eigenvalue weighted by Crippen LogP contribution is 2.24. The number of rotatable bonds is 0. The second-order valence-electron chi connectivity index (χ2n) is 3.42. The zero-order valence-electron chi connectivity index (χ0n) is 7.86. The quantitative estimate of drug-likeness (QED) is 0.596. The maximum absolute atomic E-state index is 8.80. The molecule has 0 amide bonds. The average Bonchev–Trinajstić information content (AvgIpc) is 2.66. The number of hydrogen-bond donors (Lipinski definition) is 1. The minimum absolute atomic E-state index is 0.669. The van der Waals surface area contributed by atoms with E-state index >= 15 is 0 Å². The third-order valence-electron chi connectivity index (χ3n) is 2.53. The molecule has 1 N–H and O–H groups in total. The van der Waals surface area contributed by atoms with Gasteiger partial charge in [0.2, 0.25) is 0 Å². The van der Waals surface area contributed by atoms with Gasteiger partial charge in [0.25, 0.3) is 0 Å². The van der Waals surface area contributed by atoms with Crippen LogP contribution in [0.15, 0.2) is 36.7 Å². The fourth-order valence-electron chi connectivity index (χ4n) is 1.82. The van der Waals surface area contributed by atoms with Crippen LogP contribution in [0.4, 0.5) is 0 Å². The Bertz CT molecular complexity index is 689. The number of aromatic nitrogens is 2. The number of H-pyrrole nitrogens is 1. The number of fused-ring (bicyclic) bond motifs is 3. The molecule has 3 rings (SSSR count). The smallest absolute Gasteiger partial charge is 0.0992 e. The number of aromatic amines is 1. The maximum Gasteiger partial charge on any atom is 0.0992 e. The molecule has 0 aliphatic heterocycles. The van der Waals surface area contributed by atoms with Crippen LogP contribution in [0.2, 0.25) is 0 Å². The van der Waals surface area contributed by atoms with Gasteiger partial charge in [-0.1, -0.05) is 6.07 Å². The van der Waals surface area contributed by atoms with Crippen LogP contribution in [0.5, 0.6) is 0 Å². The van der Waals surface area contributed by atoms with Crippen LogP contribution in [0.25, 0.3) is 21.8 Å². The molecule has 0 radical (unpaired) electrons. The number of hydrogen-bond acceptors (Lipinski definition) is 2. The van der Waals surface area contributed by atoms with Gasteiger partial charge in [0, 0.05) is 34.2 Å². The monoisotopic (exact) mass is 193 g/mol. The summed E-state index contributed by atoms with van der Waals surface area (Å²) in [4.78, 5) is 7.35. The van der Waals surface area contributed by atoms with Gasteiger partial charge in [0.1, 0.15) is 0 Å². The lowest BCUT2D eigenvalue weighted by Crippen LogP contribution is -1.73. The Hall–Kier alpha value is -2.34. The summed E-state index contributed by atoms with van der Waals surface area (Å²) in [6.45, 7) is 0. The molecule has 0 spiro atoms. The summed E-state index contributed by atoms with van der Waals surface area (Å²) < 4.78 is 0. The van der Waals surface area contributed by atoms with Crippen LogP contribution in [-0.4, -0.2) is 9.97 Å². The van der Waals surface area contributed by atoms with Gasteiger partial charge in [0.15, 0.2) is 0 Å². The van der Waals surface area contributed by atoms with E-state index < -0.39 is 0 Å². The summed E-state index contributed by atoms with van der Waals surface area (Å²) in [5.74, 6) is 0. The van der Waals surface area contributed by atoms with Crippen molar-refractivity contribution in [1.29, 1.82) is 5.26 Å². The van der Waals surface area contributed by atoms with Crippen molar-refractivity contribution in [3.05, 3.63) is 42.2 Å². The Kier molecular flexibility index (Phi) is 1.51. The SMILES string of the molecule is N#Cc1ccc2c(c1)[nH]c1ccncc12. The summed E-state index contributed by atoms with van der Waals surface area (Å²) in [6, 6.07) is 9.69. The summed E-state index contributed by atoms with van der Waals surface area (Å²) in [5.41, 5.74) is 2.70. The highest BCUT2D eigenvalue weighted by molar-refractivity contribution is 6.06. The number of nitrogens with one attached hydrogen (secondary N) is 1. The summed E-state index contributed by atoms with van der Waals surface area (Å²) in [7, 11) is 0. The fraction of sp³-hybridized carbons (Fsp3) is 0. The van der Waals surface area contributed by atoms with Crippen LogP contribution in [0.3, 0.4) is 0 Å². The van der Waals surface area contributed by atoms with Crippen molar-refractivity contribution in [3.63, 3.8) is 0 Å². The van der Waals surface area contributed by atoms with E-state index in [0.29, 0.717) is 5.56 Å². The number of pyridine rings is 1. The van der Waals surface area contributed by atoms with E-state index in [0.717, 1.165) is 21.8 Å². The Morgan fingerprint density at radius 2 is 2.07 bits per heavy atom. The minimum atomic E-state index is 0.669. The molecule has 0 bridgehead atoms. The average molecular weight is 193 g/mol. The van der Waals surface area contributed by atoms with Gasteiger partial charge >= 0.3 is 0 Å². The third-order valence-corrected chi connectivity index (χ3v) is 2.53. The van der Waals surface area contributed by atoms with E-state index in [9.17, 15) is 0 Å². The van der Waals surface area contributed by atoms with Gasteiger partial charge in [0.05, 0.1) is 11.6 Å². The van der Waals surface area contributed by atoms with Crippen molar-refractivity contribution in [2.75, 3.05) is 0 Å². The molecule has 0 unspecified atom stereocenters. The lowest BCUT2D eigenvalue weighted by molar-refractivity contribution is 1.36. The molecule has 0 saturated heterocycles. The predicted octanol–water partition coefficient (Wildman–Crippen LogP) is 2.59. The Balaban J connectivity index is 2.50. The van der Waals surface area contributed by atoms with Gasteiger partial charge in [-0.2, -0.15) is 5.26 Å². The molecule has 15 heavy (non-hydrogen) atoms. The Morgan fingerprint density at radius 3 is 2.93 bits per heavy atom. The molecule has 0 atom stereocenters. The first-order valence-corrected chi connectivity index (χ1v) is 4.64. The largest absolute Gasteiger partial charge is 0.354 e. The molecule has 0 saturated carbocycles. The van der Waals surface area contributed by atoms with Gasteiger partial charge in [-0.25, -0.2) is 0 Å². The second kappa shape index (κ2) is 2.82. The normalized spacial score (nSPS) is 10.6. The molecule has 3 aromatic rings. The molecule has 2 aromatic heterocycles. The lowest BCUT2D eigenvalue weighted by Gasteiger charge is -1.90. The first kappa shape index (κ1) is 8.01. The standard InChI is InChI=1S/C12H7N3/c13-6-8-1-2-9-10-7-14-4-3-11(10)15-12(9)5-8/h1-5,7,15H. The molecule has 0 aliphatic rings. The summed E-state index contributed by atoms with van der Waals surface area (Å²) in [5, 5.41) is 11.0. The molecule has 3 nitrogen and oxygen atoms in total. The van der Waals surface area contributed by atoms with Crippen LogP contribution in [0.1, 0.15) is 5.56 Å². The molecular weight excluding hydrogens is 186 g/mol. The number of nitriles is 1. The van der Waals surface area contributed by atoms with E-state index in [1.165, 1.54) is 0 Å². The zero-order chi connectivity index (χ0) is 10.3. The van der Waals surface area contributed by atoms with Gasteiger partial charge in [-0.05, 0) is 18.2 Å². The number of nitrogens with zero attached hydrogens (tertiary/aromatic N) is 2. The lowest BCUT2D eigenvalue weighted by atomic mass is 10.1. The molecule has 0 aliphatic carbocycles. The van der Waals surface area contributed by atoms with Crippen molar-refractivity contribution >= 4 is 21.8 Å². The summed E-state index contributed by atoms with van der Waals surface area (Å²) in [6.07, 6.45) is 3.59. The highest BCUT2D eigenvalue weighted by Gasteiger charge is 2.03. The van der Waals surface area contributed by atoms with Crippen molar-refractivity contribution in [2.24, 2.45) is 0 Å². The Morgan fingerprint density at radius 1 is 1.13 bits per heavy atom. The van der Waals surface area contributed by atoms with E-state index in [-0.39, 0.29) is 0 Å². The molecular formula is C12H7N3. The van der Waals surface area contributed by atoms with E-state index in [2.05, 4.69) is 16.0 Å². The molecule has 3 heteroatoms. The van der Waals surface area contributed by atoms with Crippen LogP contribution < -0.4 is 0 Å². The minimum Gasteiger partial charge on any atom is -0.354 e. The van der Waals surface area contributed by atoms with E-state index in [1.807, 2.05) is 30.5 Å². The fourth-order valence-corrected chi connectivity index (χ4v) is 1.82. The van der Waals surface area contributed by atoms with Crippen LogP contribution in [-0.2, 0) is 0 Å². The van der Waals surface area contributed by atoms with Crippen LogP contribution in [0, 0.1) is 11.3 Å². The molecule has 1 aromatic carbocycles. The molecule has 0 fully saturated rings. The van der Waals surface area contributed by atoms with Crippen molar-refractivity contribution in [2.45, 2.75) is 0 Å². The van der Waals surface area contributed by atoms with Crippen molar-refractivity contribution < 1.29 is 0 Å². The first-order chi connectivity index (χ1) is 7.38. The van der Waals surface area contributed by atoms with Crippen LogP contribution >= 0.6 is 0 Å². The summed E-state index contributed by atoms with van der Waals surface area (Å²) >= 11 is 0. The zero-order valence-corrected chi connectivity index (χ0v) is 7.86. The Labute approximate surface area is 86.0 Å². The maximum atomic E-state index is 8.80. The topological polar surface area (TPSA) is 52.5 Å². The van der Waals surface area contributed by atoms with Crippen molar-refractivity contribution in [3.8, 4) is 6.07 Å². The van der Waals surface area contributed by atoms with Gasteiger partial charge < -0.3 is 4.98 Å². The van der Waals surface area contributed by atoms with Gasteiger partial charge in [-0.15, -0.1) is 0 Å². The predicted molar refractivity (Wildman–Crippen MR) is 58.3 cm³/mol. The second-order valence-corrected chi connectivity index (χ2v) is 3.42. The molecule has 2 heterocycles. The highest BCUT2D eigenvalue weighted by atomic mass is 14.7. The van der Waals surface area contributed by atoms with E-state index in [1.54, 1.807) is 6.20 Å². The molecule has 70 valence electrons. The number of benzene rings is 1.